The van der Waals surface area contributed by atoms with E-state index in [1.54, 1.807) is 18.2 Å². The Labute approximate surface area is 174 Å². The van der Waals surface area contributed by atoms with Crippen LogP contribution in [0.25, 0.3) is 0 Å². The lowest BCUT2D eigenvalue weighted by Crippen LogP contribution is -2.21. The van der Waals surface area contributed by atoms with Crippen molar-refractivity contribution in [2.24, 2.45) is 0 Å². The number of ether oxygens (including phenoxy) is 3. The van der Waals surface area contributed by atoms with Gasteiger partial charge in [0.2, 0.25) is 0 Å². The molecule has 0 bridgehead atoms. The van der Waals surface area contributed by atoms with E-state index in [2.05, 4.69) is 0 Å². The normalized spacial score (nSPS) is 15.3. The molecule has 1 aliphatic heterocycles. The van der Waals surface area contributed by atoms with E-state index >= 15 is 0 Å². The quantitative estimate of drug-likeness (QED) is 0.653. The summed E-state index contributed by atoms with van der Waals surface area (Å²) in [6.45, 7) is 0. The number of fused-ring (bicyclic) bond motifs is 1. The van der Waals surface area contributed by atoms with Gasteiger partial charge in [0.25, 0.3) is 0 Å². The largest absolute Gasteiger partial charge is 0.508 e. The molecule has 1 aliphatic rings. The van der Waals surface area contributed by atoms with Gasteiger partial charge in [-0.25, -0.2) is 0 Å². The summed E-state index contributed by atoms with van der Waals surface area (Å²) in [4.78, 5) is 12.9. The van der Waals surface area contributed by atoms with Gasteiger partial charge in [-0.15, -0.1) is 0 Å². The molecule has 6 nitrogen and oxygen atoms in total. The van der Waals surface area contributed by atoms with Gasteiger partial charge < -0.3 is 24.4 Å². The highest BCUT2D eigenvalue weighted by Gasteiger charge is 2.33. The molecule has 0 saturated carbocycles. The van der Waals surface area contributed by atoms with Gasteiger partial charge in [0.15, 0.2) is 5.78 Å². The van der Waals surface area contributed by atoms with Crippen LogP contribution in [0.3, 0.4) is 0 Å². The molecule has 3 aromatic carbocycles. The van der Waals surface area contributed by atoms with Gasteiger partial charge in [0.1, 0.15) is 40.4 Å². The van der Waals surface area contributed by atoms with Crippen LogP contribution in [0.4, 0.5) is 0 Å². The summed E-state index contributed by atoms with van der Waals surface area (Å²) in [5.74, 6) is 0.888. The van der Waals surface area contributed by atoms with Crippen molar-refractivity contribution in [3.05, 3.63) is 76.9 Å². The van der Waals surface area contributed by atoms with Gasteiger partial charge >= 0.3 is 0 Å². The van der Waals surface area contributed by atoms with E-state index in [1.807, 2.05) is 30.3 Å². The number of ketones is 1. The third kappa shape index (κ3) is 3.52. The Hall–Kier alpha value is -3.67. The Bertz CT molecular complexity index is 1090. The minimum absolute atomic E-state index is 0.0571. The summed E-state index contributed by atoms with van der Waals surface area (Å²) in [7, 11) is 3.02. The lowest BCUT2D eigenvalue weighted by atomic mass is 9.92. The highest BCUT2D eigenvalue weighted by atomic mass is 16.5. The molecule has 0 aromatic heterocycles. The second-order valence-electron chi connectivity index (χ2n) is 7.10. The molecule has 0 fully saturated rings. The van der Waals surface area contributed by atoms with Gasteiger partial charge in [-0.1, -0.05) is 30.3 Å². The molecule has 30 heavy (non-hydrogen) atoms. The molecule has 6 heteroatoms. The lowest BCUT2D eigenvalue weighted by Gasteiger charge is -2.27. The molecule has 0 aliphatic carbocycles. The van der Waals surface area contributed by atoms with E-state index in [-0.39, 0.29) is 41.4 Å². The smallest absolute Gasteiger partial charge is 0.174 e. The highest BCUT2D eigenvalue weighted by Crippen LogP contribution is 2.46. The Morgan fingerprint density at radius 2 is 1.80 bits per heavy atom. The van der Waals surface area contributed by atoms with Gasteiger partial charge in [0, 0.05) is 23.6 Å². The average Bonchev–Trinajstić information content (AvgIpc) is 2.76. The van der Waals surface area contributed by atoms with E-state index in [0.29, 0.717) is 22.6 Å². The minimum Gasteiger partial charge on any atom is -0.508 e. The van der Waals surface area contributed by atoms with Crippen molar-refractivity contribution in [2.45, 2.75) is 18.9 Å². The average molecular weight is 406 g/mol. The number of hydrogen-bond donors (Lipinski definition) is 2. The van der Waals surface area contributed by atoms with Crippen molar-refractivity contribution < 1.29 is 29.2 Å². The van der Waals surface area contributed by atoms with Crippen LogP contribution in [0.5, 0.6) is 28.7 Å². The first-order valence-electron chi connectivity index (χ1n) is 9.55. The fraction of sp³-hybridized carbons (Fsp3) is 0.208. The summed E-state index contributed by atoms with van der Waals surface area (Å²) in [6, 6.07) is 15.9. The molecule has 154 valence electrons. The predicted molar refractivity (Wildman–Crippen MR) is 111 cm³/mol. The van der Waals surface area contributed by atoms with Crippen molar-refractivity contribution in [1.29, 1.82) is 0 Å². The molecular weight excluding hydrogens is 384 g/mol. The number of hydrogen-bond acceptors (Lipinski definition) is 6. The first-order valence-corrected chi connectivity index (χ1v) is 9.55. The molecule has 0 spiro atoms. The standard InChI is InChI=1S/C24H22O6/c1-28-16-8-9-18(25)15(10-16)11-17-21(29-2)13-22-23(24(17)27)19(26)12-20(30-22)14-6-4-3-5-7-14/h3-10,13,20,25,27H,11-12H2,1-2H3/t20-/m0/s1. The summed E-state index contributed by atoms with van der Waals surface area (Å²) in [5.41, 5.74) is 1.96. The second kappa shape index (κ2) is 7.99. The zero-order chi connectivity index (χ0) is 21.3. The molecule has 0 unspecified atom stereocenters. The molecule has 1 heterocycles. The number of methoxy groups -OCH3 is 2. The SMILES string of the molecule is COc1ccc(O)c(Cc2c(OC)cc3c(c2O)C(=O)C[C@@H](c2ccccc2)O3)c1. The summed E-state index contributed by atoms with van der Waals surface area (Å²) in [6.07, 6.45) is -0.148. The van der Waals surface area contributed by atoms with Gasteiger partial charge in [-0.3, -0.25) is 4.79 Å². The number of phenols is 2. The molecule has 0 radical (unpaired) electrons. The van der Waals surface area contributed by atoms with Crippen LogP contribution in [0.2, 0.25) is 0 Å². The number of rotatable bonds is 5. The van der Waals surface area contributed by atoms with Crippen LogP contribution in [0.1, 0.15) is 39.6 Å². The highest BCUT2D eigenvalue weighted by molar-refractivity contribution is 6.03. The van der Waals surface area contributed by atoms with Gasteiger partial charge in [0.05, 0.1) is 20.6 Å². The third-order valence-corrected chi connectivity index (χ3v) is 5.29. The monoisotopic (exact) mass is 406 g/mol. The first-order chi connectivity index (χ1) is 14.5. The lowest BCUT2D eigenvalue weighted by molar-refractivity contribution is 0.0844. The molecule has 3 aromatic rings. The molecule has 2 N–H and O–H groups in total. The zero-order valence-electron chi connectivity index (χ0n) is 16.7. The number of Topliss-reactive ketones (excluding diaryl/α,β-unsaturated/α-hetero) is 1. The van der Waals surface area contributed by atoms with Crippen molar-refractivity contribution in [1.82, 2.24) is 0 Å². The Balaban J connectivity index is 1.75. The summed E-state index contributed by atoms with van der Waals surface area (Å²) in [5, 5.41) is 21.2. The van der Waals surface area contributed by atoms with E-state index in [4.69, 9.17) is 14.2 Å². The number of carbonyl (C=O) groups excluding carboxylic acids is 1. The first kappa shape index (κ1) is 19.6. The Kier molecular flexibility index (Phi) is 5.23. The topological polar surface area (TPSA) is 85.2 Å². The summed E-state index contributed by atoms with van der Waals surface area (Å²) < 4.78 is 16.7. The molecule has 1 atom stereocenters. The Morgan fingerprint density at radius 3 is 2.50 bits per heavy atom. The number of carbonyl (C=O) groups is 1. The van der Waals surface area contributed by atoms with E-state index < -0.39 is 6.10 Å². The summed E-state index contributed by atoms with van der Waals surface area (Å²) >= 11 is 0. The molecular formula is C24H22O6. The van der Waals surface area contributed by atoms with Crippen LogP contribution in [0, 0.1) is 0 Å². The fourth-order valence-electron chi connectivity index (χ4n) is 3.72. The Morgan fingerprint density at radius 1 is 1.03 bits per heavy atom. The second-order valence-corrected chi connectivity index (χ2v) is 7.10. The van der Waals surface area contributed by atoms with Crippen LogP contribution in [-0.2, 0) is 6.42 Å². The van der Waals surface area contributed by atoms with Crippen LogP contribution < -0.4 is 14.2 Å². The minimum atomic E-state index is -0.427. The van der Waals surface area contributed by atoms with Crippen LogP contribution in [-0.4, -0.2) is 30.2 Å². The molecule has 4 rings (SSSR count). The third-order valence-electron chi connectivity index (χ3n) is 5.29. The molecule has 0 saturated heterocycles. The maximum absolute atomic E-state index is 12.9. The maximum atomic E-state index is 12.9. The number of benzene rings is 3. The van der Waals surface area contributed by atoms with Crippen molar-refractivity contribution in [2.75, 3.05) is 14.2 Å². The predicted octanol–water partition coefficient (Wildman–Crippen LogP) is 4.41. The van der Waals surface area contributed by atoms with Crippen molar-refractivity contribution in [3.63, 3.8) is 0 Å². The van der Waals surface area contributed by atoms with E-state index in [9.17, 15) is 15.0 Å². The van der Waals surface area contributed by atoms with Crippen molar-refractivity contribution >= 4 is 5.78 Å². The maximum Gasteiger partial charge on any atom is 0.174 e. The van der Waals surface area contributed by atoms with Crippen LogP contribution >= 0.6 is 0 Å². The van der Waals surface area contributed by atoms with Crippen LogP contribution in [0.15, 0.2) is 54.6 Å². The van der Waals surface area contributed by atoms with Crippen molar-refractivity contribution in [3.8, 4) is 28.7 Å². The molecule has 0 amide bonds. The number of phenolic OH excluding ortho intramolecular Hbond substituents is 2. The zero-order valence-corrected chi connectivity index (χ0v) is 16.7. The van der Waals surface area contributed by atoms with Gasteiger partial charge in [-0.05, 0) is 23.8 Å². The fourth-order valence-corrected chi connectivity index (χ4v) is 3.72. The van der Waals surface area contributed by atoms with Gasteiger partial charge in [-0.2, -0.15) is 0 Å². The van der Waals surface area contributed by atoms with E-state index in [0.717, 1.165) is 5.56 Å². The van der Waals surface area contributed by atoms with E-state index in [1.165, 1.54) is 20.3 Å². The number of aromatic hydroxyl groups is 2.